The van der Waals surface area contributed by atoms with Crippen molar-refractivity contribution in [3.8, 4) is 39.1 Å². The molecule has 0 unspecified atom stereocenters. The van der Waals surface area contributed by atoms with Crippen molar-refractivity contribution in [2.45, 2.75) is 0 Å². The summed E-state index contributed by atoms with van der Waals surface area (Å²) in [6.45, 7) is 0. The lowest BCUT2D eigenvalue weighted by atomic mass is 10.00. The summed E-state index contributed by atoms with van der Waals surface area (Å²) in [4.78, 5) is 2.30. The standard InChI is InChI=1S/C48H32N4S/c1-4-12-33(13-5-1)35-20-25-39(26-21-35)51(40-27-22-36(23-28-40)34-14-6-2-7-15-34)45-31-30-41(47-48(45)50-53-49-47)37-24-29-43-42-18-10-11-19-44(42)52(46(43)32-37)38-16-8-3-9-17-38/h1-32H. The van der Waals surface area contributed by atoms with Crippen molar-refractivity contribution in [3.63, 3.8) is 0 Å². The van der Waals surface area contributed by atoms with E-state index in [1.54, 1.807) is 0 Å². The molecule has 0 aliphatic rings. The van der Waals surface area contributed by atoms with Gasteiger partial charge in [0.25, 0.3) is 0 Å². The van der Waals surface area contributed by atoms with E-state index in [-0.39, 0.29) is 0 Å². The lowest BCUT2D eigenvalue weighted by Crippen LogP contribution is -2.10. The fourth-order valence-corrected chi connectivity index (χ4v) is 8.12. The van der Waals surface area contributed by atoms with Gasteiger partial charge in [-0.15, -0.1) is 0 Å². The Hall–Kier alpha value is -6.82. The van der Waals surface area contributed by atoms with Crippen molar-refractivity contribution in [1.82, 2.24) is 13.3 Å². The smallest absolute Gasteiger partial charge is 0.129 e. The van der Waals surface area contributed by atoms with Gasteiger partial charge >= 0.3 is 0 Å². The van der Waals surface area contributed by atoms with Crippen LogP contribution in [0.1, 0.15) is 0 Å². The number of hydrogen-bond donors (Lipinski definition) is 0. The summed E-state index contributed by atoms with van der Waals surface area (Å²) in [5, 5.41) is 2.46. The molecule has 0 radical (unpaired) electrons. The van der Waals surface area contributed by atoms with Crippen LogP contribution in [-0.2, 0) is 0 Å². The largest absolute Gasteiger partial charge is 0.309 e. The third-order valence-corrected chi connectivity index (χ3v) is 10.6. The lowest BCUT2D eigenvalue weighted by molar-refractivity contribution is 1.18. The lowest BCUT2D eigenvalue weighted by Gasteiger charge is -2.26. The van der Waals surface area contributed by atoms with Gasteiger partial charge in [0.15, 0.2) is 0 Å². The Morgan fingerprint density at radius 3 is 1.55 bits per heavy atom. The van der Waals surface area contributed by atoms with Crippen LogP contribution in [0.2, 0.25) is 0 Å². The molecule has 0 fully saturated rings. The summed E-state index contributed by atoms with van der Waals surface area (Å²) < 4.78 is 12.2. The number of aromatic nitrogens is 3. The molecule has 4 nitrogen and oxygen atoms in total. The Bertz CT molecular complexity index is 2780. The van der Waals surface area contributed by atoms with Gasteiger partial charge in [-0.1, -0.05) is 133 Å². The highest BCUT2D eigenvalue weighted by Gasteiger charge is 2.21. The predicted octanol–water partition coefficient (Wildman–Crippen LogP) is 13.3. The monoisotopic (exact) mass is 696 g/mol. The normalized spacial score (nSPS) is 11.4. The number of rotatable bonds is 7. The van der Waals surface area contributed by atoms with Crippen LogP contribution in [0.3, 0.4) is 0 Å². The molecule has 0 bridgehead atoms. The molecule has 5 heteroatoms. The van der Waals surface area contributed by atoms with Crippen LogP contribution in [0, 0.1) is 0 Å². The van der Waals surface area contributed by atoms with Gasteiger partial charge in [0, 0.05) is 33.4 Å². The first-order valence-corrected chi connectivity index (χ1v) is 18.5. The summed E-state index contributed by atoms with van der Waals surface area (Å²) >= 11 is 1.26. The molecule has 250 valence electrons. The molecule has 0 atom stereocenters. The molecule has 2 heterocycles. The second-order valence-electron chi connectivity index (χ2n) is 13.2. The average molecular weight is 697 g/mol. The van der Waals surface area contributed by atoms with Crippen molar-refractivity contribution in [2.24, 2.45) is 0 Å². The van der Waals surface area contributed by atoms with Gasteiger partial charge < -0.3 is 9.47 Å². The Morgan fingerprint density at radius 1 is 0.396 bits per heavy atom. The van der Waals surface area contributed by atoms with Crippen LogP contribution in [0.4, 0.5) is 17.1 Å². The van der Waals surface area contributed by atoms with Gasteiger partial charge in [-0.25, -0.2) is 0 Å². The maximum atomic E-state index is 4.95. The molecular formula is C48H32N4S. The van der Waals surface area contributed by atoms with Gasteiger partial charge in [-0.3, -0.25) is 0 Å². The quantitative estimate of drug-likeness (QED) is 0.166. The summed E-state index contributed by atoms with van der Waals surface area (Å²) in [5.74, 6) is 0. The Balaban J connectivity index is 1.12. The zero-order valence-electron chi connectivity index (χ0n) is 28.7. The van der Waals surface area contributed by atoms with Gasteiger partial charge in [0.1, 0.15) is 11.0 Å². The third kappa shape index (κ3) is 5.46. The summed E-state index contributed by atoms with van der Waals surface area (Å²) in [6.07, 6.45) is 0. The van der Waals surface area contributed by atoms with Gasteiger partial charge in [-0.05, 0) is 88.5 Å². The average Bonchev–Trinajstić information content (AvgIpc) is 3.86. The minimum absolute atomic E-state index is 0.871. The molecule has 53 heavy (non-hydrogen) atoms. The van der Waals surface area contributed by atoms with E-state index in [0.717, 1.165) is 50.4 Å². The highest BCUT2D eigenvalue weighted by Crippen LogP contribution is 2.43. The molecule has 0 spiro atoms. The summed E-state index contributed by atoms with van der Waals surface area (Å²) in [6, 6.07) is 69.0. The Morgan fingerprint density at radius 2 is 0.906 bits per heavy atom. The number of nitrogens with zero attached hydrogens (tertiary/aromatic N) is 4. The van der Waals surface area contributed by atoms with Crippen LogP contribution in [0.5, 0.6) is 0 Å². The number of benzene rings is 8. The van der Waals surface area contributed by atoms with Crippen LogP contribution in [0.15, 0.2) is 194 Å². The second-order valence-corrected chi connectivity index (χ2v) is 13.7. The molecule has 0 aliphatic carbocycles. The van der Waals surface area contributed by atoms with E-state index in [0.29, 0.717) is 0 Å². The number of fused-ring (bicyclic) bond motifs is 4. The number of para-hydroxylation sites is 2. The summed E-state index contributed by atoms with van der Waals surface area (Å²) in [5.41, 5.74) is 15.2. The zero-order chi connectivity index (χ0) is 35.1. The van der Waals surface area contributed by atoms with Crippen LogP contribution >= 0.6 is 11.7 Å². The molecule has 0 aliphatic heterocycles. The maximum absolute atomic E-state index is 4.95. The van der Waals surface area contributed by atoms with Crippen molar-refractivity contribution in [2.75, 3.05) is 4.90 Å². The van der Waals surface area contributed by atoms with Gasteiger partial charge in [-0.2, -0.15) is 8.75 Å². The summed E-state index contributed by atoms with van der Waals surface area (Å²) in [7, 11) is 0. The Labute approximate surface area is 311 Å². The highest BCUT2D eigenvalue weighted by atomic mass is 32.1. The van der Waals surface area contributed by atoms with Crippen molar-refractivity contribution in [1.29, 1.82) is 0 Å². The first-order valence-electron chi connectivity index (χ1n) is 17.8. The number of anilines is 3. The molecule has 10 aromatic rings. The molecule has 8 aromatic carbocycles. The van der Waals surface area contributed by atoms with E-state index in [4.69, 9.17) is 8.75 Å². The van der Waals surface area contributed by atoms with Crippen LogP contribution < -0.4 is 4.90 Å². The van der Waals surface area contributed by atoms with E-state index < -0.39 is 0 Å². The minimum Gasteiger partial charge on any atom is -0.309 e. The molecular weight excluding hydrogens is 665 g/mol. The van der Waals surface area contributed by atoms with E-state index in [1.807, 2.05) is 0 Å². The molecule has 0 saturated carbocycles. The van der Waals surface area contributed by atoms with E-state index in [2.05, 4.69) is 204 Å². The molecule has 0 amide bonds. The van der Waals surface area contributed by atoms with Crippen molar-refractivity contribution in [3.05, 3.63) is 194 Å². The molecule has 0 saturated heterocycles. The van der Waals surface area contributed by atoms with Crippen LogP contribution in [-0.4, -0.2) is 13.3 Å². The molecule has 2 aromatic heterocycles. The van der Waals surface area contributed by atoms with E-state index >= 15 is 0 Å². The molecule has 0 N–H and O–H groups in total. The van der Waals surface area contributed by atoms with E-state index in [9.17, 15) is 0 Å². The maximum Gasteiger partial charge on any atom is 0.129 e. The SMILES string of the molecule is c1ccc(-c2ccc(N(c3ccc(-c4ccccc4)cc3)c3ccc(-c4ccc5c6ccccc6n(-c6ccccc6)c5c4)c4nsnc34)cc2)cc1. The molecule has 10 rings (SSSR count). The predicted molar refractivity (Wildman–Crippen MR) is 223 cm³/mol. The van der Waals surface area contributed by atoms with Crippen LogP contribution in [0.25, 0.3) is 71.9 Å². The van der Waals surface area contributed by atoms with E-state index in [1.165, 1.54) is 50.3 Å². The fourth-order valence-electron chi connectivity index (χ4n) is 7.55. The van der Waals surface area contributed by atoms with Crippen molar-refractivity contribution >= 4 is 61.6 Å². The van der Waals surface area contributed by atoms with Crippen molar-refractivity contribution < 1.29 is 0 Å². The first kappa shape index (κ1) is 31.0. The topological polar surface area (TPSA) is 34.0 Å². The van der Waals surface area contributed by atoms with Gasteiger partial charge in [0.2, 0.25) is 0 Å². The Kier molecular flexibility index (Phi) is 7.63. The highest BCUT2D eigenvalue weighted by molar-refractivity contribution is 7.00. The second kappa shape index (κ2) is 13.1. The zero-order valence-corrected chi connectivity index (χ0v) is 29.5. The minimum atomic E-state index is 0.871. The fraction of sp³-hybridized carbons (Fsp3) is 0. The third-order valence-electron chi connectivity index (χ3n) is 10.1. The van der Waals surface area contributed by atoms with Gasteiger partial charge in [0.05, 0.1) is 28.4 Å². The number of hydrogen-bond acceptors (Lipinski definition) is 4. The first-order chi connectivity index (χ1) is 26.3.